The molecule has 0 amide bonds. The molecule has 1 unspecified atom stereocenters. The molecule has 1 heterocycles. The zero-order valence-electron chi connectivity index (χ0n) is 10.3. The van der Waals surface area contributed by atoms with Crippen LogP contribution in [-0.4, -0.2) is 12.2 Å². The zero-order valence-corrected chi connectivity index (χ0v) is 12.7. The van der Waals surface area contributed by atoms with Crippen LogP contribution < -0.4 is 4.74 Å². The van der Waals surface area contributed by atoms with E-state index in [0.29, 0.717) is 6.42 Å². The van der Waals surface area contributed by atoms with Crippen LogP contribution >= 0.6 is 27.3 Å². The molecule has 0 aliphatic carbocycles. The van der Waals surface area contributed by atoms with Gasteiger partial charge in [-0.05, 0) is 46.1 Å². The Labute approximate surface area is 119 Å². The molecular weight excluding hydrogens is 312 g/mol. The van der Waals surface area contributed by atoms with E-state index in [-0.39, 0.29) is 0 Å². The first-order chi connectivity index (χ1) is 8.61. The Bertz CT molecular complexity index is 536. The topological polar surface area (TPSA) is 29.5 Å². The molecule has 0 aliphatic heterocycles. The second-order valence-electron chi connectivity index (χ2n) is 4.09. The summed E-state index contributed by atoms with van der Waals surface area (Å²) in [7, 11) is 1.65. The molecule has 0 bridgehead atoms. The van der Waals surface area contributed by atoms with Crippen LogP contribution in [0.5, 0.6) is 5.75 Å². The first-order valence-electron chi connectivity index (χ1n) is 5.67. The number of aliphatic hydroxyl groups is 1. The molecule has 96 valence electrons. The number of hydrogen-bond donors (Lipinski definition) is 1. The number of para-hydroxylation sites is 1. The van der Waals surface area contributed by atoms with Crippen molar-refractivity contribution in [3.05, 3.63) is 50.1 Å². The fraction of sp³-hybridized carbons (Fsp3) is 0.286. The highest BCUT2D eigenvalue weighted by atomic mass is 79.9. The molecule has 2 aromatic rings. The second kappa shape index (κ2) is 5.87. The number of ether oxygens (including phenoxy) is 1. The van der Waals surface area contributed by atoms with Gasteiger partial charge in [-0.25, -0.2) is 0 Å². The van der Waals surface area contributed by atoms with Crippen LogP contribution in [0.25, 0.3) is 0 Å². The number of rotatable bonds is 4. The van der Waals surface area contributed by atoms with Crippen molar-refractivity contribution in [3.8, 4) is 5.75 Å². The summed E-state index contributed by atoms with van der Waals surface area (Å²) in [4.78, 5) is 1.14. The van der Waals surface area contributed by atoms with Crippen LogP contribution in [0.15, 0.2) is 34.1 Å². The lowest BCUT2D eigenvalue weighted by Gasteiger charge is -2.13. The normalized spacial score (nSPS) is 12.4. The van der Waals surface area contributed by atoms with Crippen molar-refractivity contribution in [2.24, 2.45) is 0 Å². The van der Waals surface area contributed by atoms with E-state index in [9.17, 15) is 5.11 Å². The summed E-state index contributed by atoms with van der Waals surface area (Å²) < 4.78 is 6.35. The monoisotopic (exact) mass is 326 g/mol. The Balaban J connectivity index is 2.21. The predicted octanol–water partition coefficient (Wildman–Crippen LogP) is 4.10. The van der Waals surface area contributed by atoms with Crippen LogP contribution in [0.4, 0.5) is 0 Å². The van der Waals surface area contributed by atoms with Gasteiger partial charge in [0.25, 0.3) is 0 Å². The van der Waals surface area contributed by atoms with Gasteiger partial charge in [-0.1, -0.05) is 18.2 Å². The summed E-state index contributed by atoms with van der Waals surface area (Å²) in [5, 5.41) is 10.3. The molecule has 0 saturated carbocycles. The lowest BCUT2D eigenvalue weighted by molar-refractivity contribution is 0.177. The fourth-order valence-electron chi connectivity index (χ4n) is 1.98. The number of aryl methyl sites for hydroxylation is 1. The number of aliphatic hydroxyl groups excluding tert-OH is 1. The van der Waals surface area contributed by atoms with Crippen molar-refractivity contribution >= 4 is 27.3 Å². The number of methoxy groups -OCH3 is 1. The van der Waals surface area contributed by atoms with Gasteiger partial charge < -0.3 is 9.84 Å². The standard InChI is InChI=1S/C14H15BrO2S/c1-9-11(8-14(15)18-9)12(16)7-10-5-3-4-6-13(10)17-2/h3-6,8,12,16H,7H2,1-2H3. The summed E-state index contributed by atoms with van der Waals surface area (Å²) in [5.74, 6) is 0.823. The van der Waals surface area contributed by atoms with Gasteiger partial charge in [0, 0.05) is 11.3 Å². The lowest BCUT2D eigenvalue weighted by atomic mass is 10.0. The molecule has 0 aliphatic rings. The molecule has 2 nitrogen and oxygen atoms in total. The maximum absolute atomic E-state index is 10.3. The van der Waals surface area contributed by atoms with Crippen LogP contribution in [0, 0.1) is 6.92 Å². The van der Waals surface area contributed by atoms with Crippen molar-refractivity contribution in [3.63, 3.8) is 0 Å². The summed E-state index contributed by atoms with van der Waals surface area (Å²) in [6, 6.07) is 9.78. The van der Waals surface area contributed by atoms with Crippen LogP contribution in [0.2, 0.25) is 0 Å². The van der Waals surface area contributed by atoms with Crippen LogP contribution in [0.3, 0.4) is 0 Å². The van der Waals surface area contributed by atoms with Crippen molar-refractivity contribution < 1.29 is 9.84 Å². The van der Waals surface area contributed by atoms with Crippen molar-refractivity contribution in [1.82, 2.24) is 0 Å². The van der Waals surface area contributed by atoms with Crippen molar-refractivity contribution in [2.75, 3.05) is 7.11 Å². The largest absolute Gasteiger partial charge is 0.496 e. The van der Waals surface area contributed by atoms with Gasteiger partial charge >= 0.3 is 0 Å². The minimum absolute atomic E-state index is 0.496. The van der Waals surface area contributed by atoms with E-state index in [4.69, 9.17) is 4.74 Å². The summed E-state index contributed by atoms with van der Waals surface area (Å²) >= 11 is 5.09. The van der Waals surface area contributed by atoms with Gasteiger partial charge in [0.2, 0.25) is 0 Å². The first kappa shape index (κ1) is 13.6. The van der Waals surface area contributed by atoms with E-state index in [1.165, 1.54) is 0 Å². The zero-order chi connectivity index (χ0) is 13.1. The number of thiophene rings is 1. The quantitative estimate of drug-likeness (QED) is 0.916. The minimum atomic E-state index is -0.496. The van der Waals surface area contributed by atoms with Crippen LogP contribution in [-0.2, 0) is 6.42 Å². The molecular formula is C14H15BrO2S. The predicted molar refractivity (Wildman–Crippen MR) is 78.4 cm³/mol. The van der Waals surface area contributed by atoms with Gasteiger partial charge in [-0.3, -0.25) is 0 Å². The minimum Gasteiger partial charge on any atom is -0.496 e. The van der Waals surface area contributed by atoms with Gasteiger partial charge in [0.1, 0.15) is 5.75 Å². The van der Waals surface area contributed by atoms with E-state index in [0.717, 1.165) is 25.5 Å². The molecule has 2 rings (SSSR count). The fourth-order valence-corrected chi connectivity index (χ4v) is 3.75. The van der Waals surface area contributed by atoms with Crippen molar-refractivity contribution in [1.29, 1.82) is 0 Å². The molecule has 0 radical (unpaired) electrons. The Kier molecular flexibility index (Phi) is 4.43. The summed E-state index contributed by atoms with van der Waals surface area (Å²) in [6.07, 6.45) is 0.0671. The average molecular weight is 327 g/mol. The molecule has 0 spiro atoms. The second-order valence-corrected chi connectivity index (χ2v) is 6.73. The smallest absolute Gasteiger partial charge is 0.122 e. The third-order valence-electron chi connectivity index (χ3n) is 2.89. The number of benzene rings is 1. The maximum atomic E-state index is 10.3. The molecule has 1 atom stereocenters. The van der Waals surface area contributed by atoms with E-state index in [1.807, 2.05) is 37.3 Å². The lowest BCUT2D eigenvalue weighted by Crippen LogP contribution is -2.03. The Morgan fingerprint density at radius 1 is 1.39 bits per heavy atom. The molecule has 18 heavy (non-hydrogen) atoms. The Morgan fingerprint density at radius 2 is 2.11 bits per heavy atom. The molecule has 0 saturated heterocycles. The highest BCUT2D eigenvalue weighted by Gasteiger charge is 2.15. The Hall–Kier alpha value is -0.840. The summed E-state index contributed by atoms with van der Waals surface area (Å²) in [5.41, 5.74) is 2.01. The Morgan fingerprint density at radius 3 is 2.72 bits per heavy atom. The average Bonchev–Trinajstić information content (AvgIpc) is 2.69. The van der Waals surface area contributed by atoms with Crippen molar-refractivity contribution in [2.45, 2.75) is 19.4 Å². The molecule has 1 N–H and O–H groups in total. The van der Waals surface area contributed by atoms with Crippen LogP contribution in [0.1, 0.15) is 22.1 Å². The van der Waals surface area contributed by atoms with E-state index < -0.39 is 6.10 Å². The summed E-state index contributed by atoms with van der Waals surface area (Å²) in [6.45, 7) is 2.02. The van der Waals surface area contributed by atoms with Gasteiger partial charge in [0.05, 0.1) is 17.0 Å². The SMILES string of the molecule is COc1ccccc1CC(O)c1cc(Br)sc1C. The van der Waals surface area contributed by atoms with Gasteiger partial charge in [0.15, 0.2) is 0 Å². The number of hydrogen-bond acceptors (Lipinski definition) is 3. The van der Waals surface area contributed by atoms with Gasteiger partial charge in [-0.2, -0.15) is 0 Å². The highest BCUT2D eigenvalue weighted by Crippen LogP contribution is 2.33. The van der Waals surface area contributed by atoms with E-state index >= 15 is 0 Å². The molecule has 4 heteroatoms. The molecule has 0 fully saturated rings. The maximum Gasteiger partial charge on any atom is 0.122 e. The molecule has 1 aromatic heterocycles. The first-order valence-corrected chi connectivity index (χ1v) is 7.28. The molecule has 1 aromatic carbocycles. The number of halogens is 1. The van der Waals surface area contributed by atoms with E-state index in [2.05, 4.69) is 15.9 Å². The third-order valence-corrected chi connectivity index (χ3v) is 4.46. The highest BCUT2D eigenvalue weighted by molar-refractivity contribution is 9.11. The third kappa shape index (κ3) is 2.94. The van der Waals surface area contributed by atoms with E-state index in [1.54, 1.807) is 18.4 Å². The van der Waals surface area contributed by atoms with Gasteiger partial charge in [-0.15, -0.1) is 11.3 Å².